The van der Waals surface area contributed by atoms with Gasteiger partial charge in [0.2, 0.25) is 5.91 Å². The minimum absolute atomic E-state index is 0.0711. The number of amides is 1. The fourth-order valence-corrected chi connectivity index (χ4v) is 1.58. The van der Waals surface area contributed by atoms with E-state index in [0.29, 0.717) is 12.1 Å². The molecule has 0 saturated heterocycles. The quantitative estimate of drug-likeness (QED) is 0.797. The zero-order valence-electron chi connectivity index (χ0n) is 11.7. The van der Waals surface area contributed by atoms with E-state index >= 15 is 0 Å². The number of hydrogen-bond acceptors (Lipinski definition) is 3. The molecule has 0 bridgehead atoms. The van der Waals surface area contributed by atoms with Gasteiger partial charge < -0.3 is 16.0 Å². The lowest BCUT2D eigenvalue weighted by Gasteiger charge is -2.32. The number of nitrogens with two attached hydrogens (primary N) is 1. The van der Waals surface area contributed by atoms with Gasteiger partial charge in [0.15, 0.2) is 0 Å². The van der Waals surface area contributed by atoms with E-state index in [1.165, 1.54) is 0 Å². The van der Waals surface area contributed by atoms with Crippen LogP contribution in [0.3, 0.4) is 0 Å². The summed E-state index contributed by atoms with van der Waals surface area (Å²) in [5, 5.41) is 3.37. The van der Waals surface area contributed by atoms with Crippen LogP contribution in [-0.4, -0.2) is 37.0 Å². The lowest BCUT2D eigenvalue weighted by Crippen LogP contribution is -2.46. The molecule has 0 saturated carbocycles. The Hall–Kier alpha value is -1.39. The largest absolute Gasteiger partial charge is 0.366 e. The molecule has 0 aromatic heterocycles. The molecule has 18 heavy (non-hydrogen) atoms. The van der Waals surface area contributed by atoms with Crippen LogP contribution >= 0.6 is 0 Å². The number of carbonyl (C=O) groups excluding carboxylic acids is 1. The highest BCUT2D eigenvalue weighted by atomic mass is 16.1. The fourth-order valence-electron chi connectivity index (χ4n) is 1.58. The predicted molar refractivity (Wildman–Crippen MR) is 74.4 cm³/mol. The van der Waals surface area contributed by atoms with Crippen LogP contribution in [0.15, 0.2) is 24.3 Å². The van der Waals surface area contributed by atoms with Gasteiger partial charge in [0.1, 0.15) is 0 Å². The maximum Gasteiger partial charge on any atom is 0.249 e. The van der Waals surface area contributed by atoms with E-state index in [-0.39, 0.29) is 11.4 Å². The summed E-state index contributed by atoms with van der Waals surface area (Å²) in [6, 6.07) is 7.43. The first-order chi connectivity index (χ1) is 8.34. The van der Waals surface area contributed by atoms with Crippen molar-refractivity contribution in [3.8, 4) is 0 Å². The highest BCUT2D eigenvalue weighted by Crippen LogP contribution is 2.10. The number of hydrogen-bond donors (Lipinski definition) is 2. The van der Waals surface area contributed by atoms with Crippen LogP contribution in [0, 0.1) is 0 Å². The summed E-state index contributed by atoms with van der Waals surface area (Å²) in [6.45, 7) is 5.82. The first-order valence-corrected chi connectivity index (χ1v) is 6.10. The monoisotopic (exact) mass is 249 g/mol. The van der Waals surface area contributed by atoms with E-state index in [1.807, 2.05) is 18.2 Å². The third-order valence-electron chi connectivity index (χ3n) is 3.37. The summed E-state index contributed by atoms with van der Waals surface area (Å²) in [5.74, 6) is -0.376. The van der Waals surface area contributed by atoms with Crippen molar-refractivity contribution in [2.45, 2.75) is 25.9 Å². The molecule has 0 radical (unpaired) electrons. The van der Waals surface area contributed by atoms with Crippen LogP contribution in [0.1, 0.15) is 29.8 Å². The highest BCUT2D eigenvalue weighted by Gasteiger charge is 2.19. The number of benzene rings is 1. The SMILES string of the molecule is CN(C)C(C)(C)CNCc1ccccc1C(N)=O. The second-order valence-corrected chi connectivity index (χ2v) is 5.33. The fraction of sp³-hybridized carbons (Fsp3) is 0.500. The molecule has 0 heterocycles. The molecule has 4 heteroatoms. The first kappa shape index (κ1) is 14.7. The Bertz CT molecular complexity index is 413. The Kier molecular flexibility index (Phi) is 4.87. The van der Waals surface area contributed by atoms with Crippen LogP contribution < -0.4 is 11.1 Å². The van der Waals surface area contributed by atoms with E-state index in [2.05, 4.69) is 38.2 Å². The van der Waals surface area contributed by atoms with E-state index in [9.17, 15) is 4.79 Å². The second-order valence-electron chi connectivity index (χ2n) is 5.33. The van der Waals surface area contributed by atoms with Gasteiger partial charge in [-0.15, -0.1) is 0 Å². The zero-order valence-corrected chi connectivity index (χ0v) is 11.7. The standard InChI is InChI=1S/C14H23N3O/c1-14(2,17(3)4)10-16-9-11-7-5-6-8-12(11)13(15)18/h5-8,16H,9-10H2,1-4H3,(H2,15,18). The molecular weight excluding hydrogens is 226 g/mol. The van der Waals surface area contributed by atoms with Crippen molar-refractivity contribution in [3.05, 3.63) is 35.4 Å². The normalized spacial score (nSPS) is 11.8. The molecule has 0 spiro atoms. The average Bonchev–Trinajstić information content (AvgIpc) is 2.29. The topological polar surface area (TPSA) is 58.4 Å². The molecule has 0 unspecified atom stereocenters. The molecule has 4 nitrogen and oxygen atoms in total. The Morgan fingerprint density at radius 2 is 1.94 bits per heavy atom. The van der Waals surface area contributed by atoms with Gasteiger partial charge in [0.05, 0.1) is 0 Å². The summed E-state index contributed by atoms with van der Waals surface area (Å²) in [6.07, 6.45) is 0. The molecule has 1 rings (SSSR count). The van der Waals surface area contributed by atoms with Crippen molar-refractivity contribution in [1.82, 2.24) is 10.2 Å². The van der Waals surface area contributed by atoms with Gasteiger partial charge in [0.25, 0.3) is 0 Å². The Labute approximate surface area is 109 Å². The molecule has 0 atom stereocenters. The van der Waals surface area contributed by atoms with Gasteiger partial charge in [-0.25, -0.2) is 0 Å². The number of rotatable bonds is 6. The number of nitrogens with one attached hydrogen (secondary N) is 1. The number of nitrogens with zero attached hydrogens (tertiary/aromatic N) is 1. The maximum absolute atomic E-state index is 11.3. The van der Waals surface area contributed by atoms with Crippen LogP contribution in [0.2, 0.25) is 0 Å². The third kappa shape index (κ3) is 3.82. The van der Waals surface area contributed by atoms with Crippen molar-refractivity contribution in [2.24, 2.45) is 5.73 Å². The van der Waals surface area contributed by atoms with Gasteiger partial charge >= 0.3 is 0 Å². The molecule has 0 aliphatic carbocycles. The van der Waals surface area contributed by atoms with Gasteiger partial charge in [-0.2, -0.15) is 0 Å². The molecule has 1 amide bonds. The van der Waals surface area contributed by atoms with Crippen molar-refractivity contribution < 1.29 is 4.79 Å². The van der Waals surface area contributed by atoms with Crippen molar-refractivity contribution in [1.29, 1.82) is 0 Å². The Balaban J connectivity index is 2.62. The minimum Gasteiger partial charge on any atom is -0.366 e. The minimum atomic E-state index is -0.376. The van der Waals surface area contributed by atoms with Gasteiger partial charge in [-0.05, 0) is 39.6 Å². The van der Waals surface area contributed by atoms with Gasteiger partial charge in [-0.3, -0.25) is 4.79 Å². The lowest BCUT2D eigenvalue weighted by molar-refractivity contribution is 0.0999. The van der Waals surface area contributed by atoms with Crippen molar-refractivity contribution in [3.63, 3.8) is 0 Å². The molecule has 1 aromatic carbocycles. The second kappa shape index (κ2) is 5.98. The molecule has 0 fully saturated rings. The summed E-state index contributed by atoms with van der Waals surface area (Å²) in [7, 11) is 4.11. The number of primary amides is 1. The predicted octanol–water partition coefficient (Wildman–Crippen LogP) is 1.22. The molecule has 3 N–H and O–H groups in total. The van der Waals surface area contributed by atoms with Gasteiger partial charge in [0, 0.05) is 24.2 Å². The number of likely N-dealkylation sites (N-methyl/N-ethyl adjacent to an activating group) is 1. The Morgan fingerprint density at radius 3 is 2.50 bits per heavy atom. The van der Waals surface area contributed by atoms with E-state index in [0.717, 1.165) is 12.1 Å². The molecule has 0 aliphatic heterocycles. The van der Waals surface area contributed by atoms with E-state index in [1.54, 1.807) is 6.07 Å². The molecule has 1 aromatic rings. The van der Waals surface area contributed by atoms with E-state index in [4.69, 9.17) is 5.73 Å². The molecule has 100 valence electrons. The smallest absolute Gasteiger partial charge is 0.249 e. The van der Waals surface area contributed by atoms with Crippen molar-refractivity contribution in [2.75, 3.05) is 20.6 Å². The average molecular weight is 249 g/mol. The van der Waals surface area contributed by atoms with Crippen LogP contribution in [0.5, 0.6) is 0 Å². The third-order valence-corrected chi connectivity index (χ3v) is 3.37. The van der Waals surface area contributed by atoms with Crippen LogP contribution in [-0.2, 0) is 6.54 Å². The lowest BCUT2D eigenvalue weighted by atomic mass is 10.0. The summed E-state index contributed by atoms with van der Waals surface area (Å²) in [5.41, 5.74) is 6.95. The summed E-state index contributed by atoms with van der Waals surface area (Å²) in [4.78, 5) is 13.4. The van der Waals surface area contributed by atoms with Crippen molar-refractivity contribution >= 4 is 5.91 Å². The highest BCUT2D eigenvalue weighted by molar-refractivity contribution is 5.94. The van der Waals surface area contributed by atoms with Crippen LogP contribution in [0.25, 0.3) is 0 Å². The summed E-state index contributed by atoms with van der Waals surface area (Å²) < 4.78 is 0. The summed E-state index contributed by atoms with van der Waals surface area (Å²) >= 11 is 0. The Morgan fingerprint density at radius 1 is 1.33 bits per heavy atom. The molecular formula is C14H23N3O. The number of carbonyl (C=O) groups is 1. The maximum atomic E-state index is 11.3. The van der Waals surface area contributed by atoms with E-state index < -0.39 is 0 Å². The van der Waals surface area contributed by atoms with Crippen LogP contribution in [0.4, 0.5) is 0 Å². The molecule has 0 aliphatic rings. The zero-order chi connectivity index (χ0) is 13.8. The van der Waals surface area contributed by atoms with Gasteiger partial charge in [-0.1, -0.05) is 18.2 Å². The first-order valence-electron chi connectivity index (χ1n) is 6.10.